The van der Waals surface area contributed by atoms with Crippen LogP contribution in [0.25, 0.3) is 0 Å². The van der Waals surface area contributed by atoms with E-state index in [4.69, 9.17) is 11.6 Å². The van der Waals surface area contributed by atoms with E-state index >= 15 is 0 Å². The maximum Gasteiger partial charge on any atom is 0.273 e. The molecule has 1 aliphatic rings. The number of rotatable bonds is 4. The van der Waals surface area contributed by atoms with Crippen molar-refractivity contribution in [3.63, 3.8) is 0 Å². The molecule has 2 aromatic rings. The van der Waals surface area contributed by atoms with E-state index in [2.05, 4.69) is 20.9 Å². The molecule has 0 aliphatic carbocycles. The van der Waals surface area contributed by atoms with Crippen LogP contribution in [-0.2, 0) is 0 Å². The van der Waals surface area contributed by atoms with Gasteiger partial charge in [0.05, 0.1) is 22.6 Å². The molecule has 3 rings (SSSR count). The standard InChI is InChI=1S/C12H14ClN5OS/c1-7(10-2-3-11(13)20-10)15-12(19)9-6-18(17-16-9)8-4-14-5-8/h2-3,6-8,14H,4-5H2,1H3,(H,15,19). The van der Waals surface area contributed by atoms with E-state index in [1.54, 1.807) is 10.9 Å². The van der Waals surface area contributed by atoms with E-state index in [1.165, 1.54) is 11.3 Å². The molecule has 1 saturated heterocycles. The van der Waals surface area contributed by atoms with Gasteiger partial charge in [0.1, 0.15) is 0 Å². The number of carbonyl (C=O) groups is 1. The van der Waals surface area contributed by atoms with E-state index in [0.29, 0.717) is 16.1 Å². The first-order valence-corrected chi connectivity index (χ1v) is 7.51. The van der Waals surface area contributed by atoms with Crippen molar-refractivity contribution in [3.05, 3.63) is 33.2 Å². The molecular weight excluding hydrogens is 298 g/mol. The molecule has 20 heavy (non-hydrogen) atoms. The van der Waals surface area contributed by atoms with Gasteiger partial charge in [-0.15, -0.1) is 16.4 Å². The molecule has 0 saturated carbocycles. The summed E-state index contributed by atoms with van der Waals surface area (Å²) in [5.41, 5.74) is 0.339. The van der Waals surface area contributed by atoms with Crippen molar-refractivity contribution in [2.45, 2.75) is 19.0 Å². The minimum absolute atomic E-state index is 0.101. The fourth-order valence-corrected chi connectivity index (χ4v) is 2.99. The second-order valence-corrected chi connectivity index (χ2v) is 6.48. The van der Waals surface area contributed by atoms with Gasteiger partial charge in [-0.25, -0.2) is 4.68 Å². The van der Waals surface area contributed by atoms with E-state index in [-0.39, 0.29) is 11.9 Å². The number of nitrogens with one attached hydrogen (secondary N) is 2. The fourth-order valence-electron chi connectivity index (χ4n) is 1.92. The monoisotopic (exact) mass is 311 g/mol. The summed E-state index contributed by atoms with van der Waals surface area (Å²) >= 11 is 7.35. The molecule has 0 aromatic carbocycles. The average molecular weight is 312 g/mol. The van der Waals surface area contributed by atoms with E-state index in [1.807, 2.05) is 19.1 Å². The van der Waals surface area contributed by atoms with Gasteiger partial charge in [-0.2, -0.15) is 0 Å². The lowest BCUT2D eigenvalue weighted by Gasteiger charge is -2.26. The SMILES string of the molecule is CC(NC(=O)c1cn(C2CNC2)nn1)c1ccc(Cl)s1. The molecule has 0 bridgehead atoms. The predicted molar refractivity (Wildman–Crippen MR) is 77.1 cm³/mol. The highest BCUT2D eigenvalue weighted by molar-refractivity contribution is 7.16. The van der Waals surface area contributed by atoms with E-state index in [9.17, 15) is 4.79 Å². The Labute approximate surface area is 125 Å². The summed E-state index contributed by atoms with van der Waals surface area (Å²) in [5.74, 6) is -0.222. The Morgan fingerprint density at radius 2 is 2.40 bits per heavy atom. The summed E-state index contributed by atoms with van der Waals surface area (Å²) in [6.07, 6.45) is 1.69. The van der Waals surface area contributed by atoms with Gasteiger partial charge in [-0.3, -0.25) is 4.79 Å². The number of hydrogen-bond acceptors (Lipinski definition) is 5. The zero-order valence-corrected chi connectivity index (χ0v) is 12.4. The van der Waals surface area contributed by atoms with Crippen molar-refractivity contribution in [3.8, 4) is 0 Å². The quantitative estimate of drug-likeness (QED) is 0.900. The number of thiophene rings is 1. The Bertz CT molecular complexity index is 621. The normalized spacial score (nSPS) is 16.7. The zero-order chi connectivity index (χ0) is 14.1. The van der Waals surface area contributed by atoms with Gasteiger partial charge in [-0.05, 0) is 19.1 Å². The van der Waals surface area contributed by atoms with Crippen LogP contribution in [0.4, 0.5) is 0 Å². The lowest BCUT2D eigenvalue weighted by molar-refractivity contribution is 0.0935. The summed E-state index contributed by atoms with van der Waals surface area (Å²) < 4.78 is 2.45. The highest BCUT2D eigenvalue weighted by Gasteiger charge is 2.22. The summed E-state index contributed by atoms with van der Waals surface area (Å²) in [5, 5.41) is 14.0. The second kappa shape index (κ2) is 5.51. The smallest absolute Gasteiger partial charge is 0.273 e. The molecule has 1 aliphatic heterocycles. The molecule has 106 valence electrons. The first kappa shape index (κ1) is 13.5. The summed E-state index contributed by atoms with van der Waals surface area (Å²) in [6.45, 7) is 3.66. The minimum atomic E-state index is -0.222. The zero-order valence-electron chi connectivity index (χ0n) is 10.8. The molecule has 6 nitrogen and oxygen atoms in total. The van der Waals surface area contributed by atoms with Crippen molar-refractivity contribution in [2.24, 2.45) is 0 Å². The molecule has 3 heterocycles. The maximum atomic E-state index is 12.1. The molecule has 1 fully saturated rings. The first-order valence-electron chi connectivity index (χ1n) is 6.32. The van der Waals surface area contributed by atoms with Crippen LogP contribution < -0.4 is 10.6 Å². The largest absolute Gasteiger partial charge is 0.343 e. The maximum absolute atomic E-state index is 12.1. The first-order chi connectivity index (χ1) is 9.63. The van der Waals surface area contributed by atoms with Crippen molar-refractivity contribution in [2.75, 3.05) is 13.1 Å². The molecule has 8 heteroatoms. The number of nitrogens with zero attached hydrogens (tertiary/aromatic N) is 3. The summed E-state index contributed by atoms with van der Waals surface area (Å²) in [7, 11) is 0. The Hall–Kier alpha value is -1.44. The molecule has 1 atom stereocenters. The Morgan fingerprint density at radius 3 is 3.00 bits per heavy atom. The van der Waals surface area contributed by atoms with Crippen LogP contribution in [-0.4, -0.2) is 34.0 Å². The highest BCUT2D eigenvalue weighted by atomic mass is 35.5. The van der Waals surface area contributed by atoms with Crippen LogP contribution in [0.15, 0.2) is 18.3 Å². The van der Waals surface area contributed by atoms with Crippen molar-refractivity contribution in [1.29, 1.82) is 0 Å². The fraction of sp³-hybridized carbons (Fsp3) is 0.417. The van der Waals surface area contributed by atoms with E-state index in [0.717, 1.165) is 18.0 Å². The van der Waals surface area contributed by atoms with Crippen molar-refractivity contribution in [1.82, 2.24) is 25.6 Å². The van der Waals surface area contributed by atoms with Crippen molar-refractivity contribution < 1.29 is 4.79 Å². The molecule has 0 spiro atoms. The number of aromatic nitrogens is 3. The number of halogens is 1. The van der Waals surface area contributed by atoms with Gasteiger partial charge in [-0.1, -0.05) is 16.8 Å². The van der Waals surface area contributed by atoms with Gasteiger partial charge in [0.2, 0.25) is 0 Å². The molecular formula is C12H14ClN5OS. The number of amides is 1. The Balaban J connectivity index is 1.65. The van der Waals surface area contributed by atoms with Crippen LogP contribution in [0.2, 0.25) is 4.34 Å². The molecule has 2 N–H and O–H groups in total. The predicted octanol–water partition coefficient (Wildman–Crippen LogP) is 1.63. The Kier molecular flexibility index (Phi) is 3.73. The molecule has 1 amide bonds. The van der Waals surface area contributed by atoms with Crippen molar-refractivity contribution >= 4 is 28.8 Å². The lowest BCUT2D eigenvalue weighted by Crippen LogP contribution is -2.43. The molecule has 0 radical (unpaired) electrons. The van der Waals surface area contributed by atoms with Crippen LogP contribution in [0.1, 0.15) is 34.4 Å². The minimum Gasteiger partial charge on any atom is -0.343 e. The third-order valence-corrected chi connectivity index (χ3v) is 4.66. The van der Waals surface area contributed by atoms with Gasteiger partial charge < -0.3 is 10.6 Å². The van der Waals surface area contributed by atoms with Crippen LogP contribution >= 0.6 is 22.9 Å². The number of hydrogen-bond donors (Lipinski definition) is 2. The topological polar surface area (TPSA) is 71.8 Å². The van der Waals surface area contributed by atoms with Crippen LogP contribution in [0, 0.1) is 0 Å². The van der Waals surface area contributed by atoms with Crippen LogP contribution in [0.5, 0.6) is 0 Å². The third kappa shape index (κ3) is 2.70. The van der Waals surface area contributed by atoms with E-state index < -0.39 is 0 Å². The second-order valence-electron chi connectivity index (χ2n) is 4.73. The molecule has 2 aromatic heterocycles. The molecule has 1 unspecified atom stereocenters. The van der Waals surface area contributed by atoms with Gasteiger partial charge in [0.25, 0.3) is 5.91 Å². The van der Waals surface area contributed by atoms with Crippen LogP contribution in [0.3, 0.4) is 0 Å². The van der Waals surface area contributed by atoms with Gasteiger partial charge in [0, 0.05) is 18.0 Å². The lowest BCUT2D eigenvalue weighted by atomic mass is 10.2. The third-order valence-electron chi connectivity index (χ3n) is 3.25. The Morgan fingerprint density at radius 1 is 1.60 bits per heavy atom. The highest BCUT2D eigenvalue weighted by Crippen LogP contribution is 2.26. The van der Waals surface area contributed by atoms with Gasteiger partial charge in [0.15, 0.2) is 5.69 Å². The number of carbonyl (C=O) groups excluding carboxylic acids is 1. The summed E-state index contributed by atoms with van der Waals surface area (Å²) in [4.78, 5) is 13.1. The average Bonchev–Trinajstić information content (AvgIpc) is 2.96. The summed E-state index contributed by atoms with van der Waals surface area (Å²) in [6, 6.07) is 3.94. The van der Waals surface area contributed by atoms with Gasteiger partial charge >= 0.3 is 0 Å².